The Hall–Kier alpha value is -3.14. The zero-order chi connectivity index (χ0) is 17.3. The number of piperidine rings is 1. The van der Waals surface area contributed by atoms with Gasteiger partial charge in [-0.2, -0.15) is 5.26 Å². The number of likely N-dealkylation sites (tertiary alicyclic amines) is 1. The van der Waals surface area contributed by atoms with Crippen molar-refractivity contribution in [1.82, 2.24) is 9.80 Å². The number of nitrogens with zero attached hydrogens (tertiary/aromatic N) is 3. The second kappa shape index (κ2) is 6.16. The van der Waals surface area contributed by atoms with Gasteiger partial charge in [0.15, 0.2) is 0 Å². The Morgan fingerprint density at radius 3 is 2.38 bits per heavy atom. The van der Waals surface area contributed by atoms with Crippen LogP contribution in [0.25, 0.3) is 0 Å². The van der Waals surface area contributed by atoms with Gasteiger partial charge in [0.1, 0.15) is 0 Å². The third kappa shape index (κ3) is 2.63. The number of imide groups is 1. The van der Waals surface area contributed by atoms with Crippen LogP contribution in [0.3, 0.4) is 0 Å². The summed E-state index contributed by atoms with van der Waals surface area (Å²) >= 11 is 0. The molecule has 24 heavy (non-hydrogen) atoms. The molecule has 0 unspecified atom stereocenters. The highest BCUT2D eigenvalue weighted by atomic mass is 16.4. The number of rotatable bonds is 2. The number of nitriles is 1. The number of amides is 3. The van der Waals surface area contributed by atoms with Crippen LogP contribution in [-0.2, 0) is 0 Å². The smallest absolute Gasteiger partial charge is 0.407 e. The molecule has 2 heterocycles. The molecular formula is C17H15N3O4. The van der Waals surface area contributed by atoms with E-state index in [9.17, 15) is 19.6 Å². The van der Waals surface area contributed by atoms with Crippen molar-refractivity contribution in [2.75, 3.05) is 19.6 Å². The maximum absolute atomic E-state index is 12.4. The van der Waals surface area contributed by atoms with Gasteiger partial charge in [0.05, 0.1) is 29.3 Å². The largest absolute Gasteiger partial charge is 0.465 e. The average Bonchev–Trinajstić information content (AvgIpc) is 2.84. The van der Waals surface area contributed by atoms with Gasteiger partial charge < -0.3 is 10.0 Å². The number of benzene rings is 1. The first-order valence-electron chi connectivity index (χ1n) is 7.57. The number of fused-ring (bicyclic) bond motifs is 1. The van der Waals surface area contributed by atoms with Crippen molar-refractivity contribution in [3.63, 3.8) is 0 Å². The lowest BCUT2D eigenvalue weighted by Crippen LogP contribution is -2.37. The fraction of sp³-hybridized carbons (Fsp3) is 0.294. The van der Waals surface area contributed by atoms with E-state index < -0.39 is 17.9 Å². The van der Waals surface area contributed by atoms with Crippen LogP contribution in [0.5, 0.6) is 0 Å². The molecule has 0 aromatic heterocycles. The summed E-state index contributed by atoms with van der Waals surface area (Å²) in [6, 6.07) is 8.58. The monoisotopic (exact) mass is 325 g/mol. The molecule has 3 rings (SSSR count). The second-order valence-electron chi connectivity index (χ2n) is 5.74. The van der Waals surface area contributed by atoms with Gasteiger partial charge in [-0.1, -0.05) is 12.1 Å². The van der Waals surface area contributed by atoms with Gasteiger partial charge in [0, 0.05) is 13.1 Å². The minimum atomic E-state index is -1.04. The summed E-state index contributed by atoms with van der Waals surface area (Å²) in [6.45, 7) is 0.442. The predicted molar refractivity (Wildman–Crippen MR) is 83.3 cm³/mol. The first-order valence-corrected chi connectivity index (χ1v) is 7.57. The van der Waals surface area contributed by atoms with E-state index in [-0.39, 0.29) is 18.7 Å². The number of hydrogen-bond donors (Lipinski definition) is 1. The molecule has 0 aliphatic carbocycles. The van der Waals surface area contributed by atoms with E-state index in [1.54, 1.807) is 24.3 Å². The van der Waals surface area contributed by atoms with E-state index in [0.717, 1.165) is 4.90 Å². The van der Waals surface area contributed by atoms with Crippen molar-refractivity contribution in [3.8, 4) is 6.07 Å². The lowest BCUT2D eigenvalue weighted by molar-refractivity contribution is 0.0668. The average molecular weight is 325 g/mol. The fourth-order valence-corrected chi connectivity index (χ4v) is 3.05. The molecule has 1 fully saturated rings. The second-order valence-corrected chi connectivity index (χ2v) is 5.74. The van der Waals surface area contributed by atoms with E-state index >= 15 is 0 Å². The first kappa shape index (κ1) is 15.7. The summed E-state index contributed by atoms with van der Waals surface area (Å²) in [5, 5.41) is 18.5. The van der Waals surface area contributed by atoms with Gasteiger partial charge >= 0.3 is 6.09 Å². The third-order valence-corrected chi connectivity index (χ3v) is 4.31. The van der Waals surface area contributed by atoms with Crippen LogP contribution in [0.4, 0.5) is 4.79 Å². The molecule has 0 radical (unpaired) electrons. The topological polar surface area (TPSA) is 102 Å². The molecule has 3 amide bonds. The molecule has 0 atom stereocenters. The van der Waals surface area contributed by atoms with Crippen LogP contribution in [0, 0.1) is 11.3 Å². The van der Waals surface area contributed by atoms with Crippen molar-refractivity contribution in [2.45, 2.75) is 12.8 Å². The lowest BCUT2D eigenvalue weighted by Gasteiger charge is -2.27. The fourth-order valence-electron chi connectivity index (χ4n) is 3.05. The third-order valence-electron chi connectivity index (χ3n) is 4.31. The molecule has 1 aromatic rings. The van der Waals surface area contributed by atoms with Gasteiger partial charge in [-0.25, -0.2) is 4.79 Å². The van der Waals surface area contributed by atoms with Crippen molar-refractivity contribution in [3.05, 3.63) is 46.5 Å². The van der Waals surface area contributed by atoms with Crippen LogP contribution >= 0.6 is 0 Å². The number of carbonyl (C=O) groups is 3. The molecular weight excluding hydrogens is 310 g/mol. The van der Waals surface area contributed by atoms with E-state index in [1.165, 1.54) is 4.90 Å². The van der Waals surface area contributed by atoms with Crippen LogP contribution in [0.15, 0.2) is 35.4 Å². The maximum Gasteiger partial charge on any atom is 0.407 e. The first-order chi connectivity index (χ1) is 11.5. The van der Waals surface area contributed by atoms with Crippen LogP contribution in [0.1, 0.15) is 33.6 Å². The zero-order valence-corrected chi connectivity index (χ0v) is 12.9. The van der Waals surface area contributed by atoms with Crippen LogP contribution < -0.4 is 0 Å². The highest BCUT2D eigenvalue weighted by molar-refractivity contribution is 6.21. The van der Waals surface area contributed by atoms with Crippen LogP contribution in [-0.4, -0.2) is 52.4 Å². The number of hydrogen-bond acceptors (Lipinski definition) is 4. The van der Waals surface area contributed by atoms with Crippen molar-refractivity contribution >= 4 is 17.9 Å². The van der Waals surface area contributed by atoms with E-state index in [2.05, 4.69) is 0 Å². The highest BCUT2D eigenvalue weighted by Crippen LogP contribution is 2.25. The molecule has 7 heteroatoms. The van der Waals surface area contributed by atoms with E-state index in [4.69, 9.17) is 5.11 Å². The SMILES string of the molecule is N#C/C(CN1C(=O)c2ccccc2C1=O)=C1/CCCN(C(=O)O)C1. The Labute approximate surface area is 138 Å². The number of carbonyl (C=O) groups excluding carboxylic acids is 2. The Morgan fingerprint density at radius 2 is 1.83 bits per heavy atom. The molecule has 1 aromatic carbocycles. The van der Waals surface area contributed by atoms with Gasteiger partial charge in [-0.05, 0) is 30.5 Å². The quantitative estimate of drug-likeness (QED) is 0.660. The summed E-state index contributed by atoms with van der Waals surface area (Å²) in [4.78, 5) is 38.2. The van der Waals surface area contributed by atoms with Crippen molar-refractivity contribution < 1.29 is 19.5 Å². The molecule has 0 spiro atoms. The predicted octanol–water partition coefficient (Wildman–Crippen LogP) is 1.88. The molecule has 1 N–H and O–H groups in total. The summed E-state index contributed by atoms with van der Waals surface area (Å²) in [6.07, 6.45) is 0.176. The van der Waals surface area contributed by atoms with Gasteiger partial charge in [0.2, 0.25) is 0 Å². The lowest BCUT2D eigenvalue weighted by atomic mass is 9.99. The summed E-state index contributed by atoms with van der Waals surface area (Å²) < 4.78 is 0. The molecule has 7 nitrogen and oxygen atoms in total. The summed E-state index contributed by atoms with van der Waals surface area (Å²) in [5.74, 6) is -0.843. The molecule has 2 aliphatic heterocycles. The number of carboxylic acid groups (broad SMARTS) is 1. The molecule has 1 saturated heterocycles. The Morgan fingerprint density at radius 1 is 1.21 bits per heavy atom. The Kier molecular flexibility index (Phi) is 4.04. The van der Waals surface area contributed by atoms with E-state index in [1.807, 2.05) is 6.07 Å². The van der Waals surface area contributed by atoms with Crippen molar-refractivity contribution in [1.29, 1.82) is 5.26 Å². The van der Waals surface area contributed by atoms with Crippen molar-refractivity contribution in [2.24, 2.45) is 0 Å². The molecule has 0 bridgehead atoms. The Balaban J connectivity index is 1.86. The minimum absolute atomic E-state index is 0.119. The highest BCUT2D eigenvalue weighted by Gasteiger charge is 2.36. The summed E-state index contributed by atoms with van der Waals surface area (Å²) in [7, 11) is 0. The van der Waals surface area contributed by atoms with Gasteiger partial charge in [0.25, 0.3) is 11.8 Å². The minimum Gasteiger partial charge on any atom is -0.465 e. The molecule has 2 aliphatic rings. The van der Waals surface area contributed by atoms with Crippen LogP contribution in [0.2, 0.25) is 0 Å². The Bertz CT molecular complexity index is 771. The van der Waals surface area contributed by atoms with Gasteiger partial charge in [-0.15, -0.1) is 0 Å². The van der Waals surface area contributed by atoms with Gasteiger partial charge in [-0.3, -0.25) is 14.5 Å². The maximum atomic E-state index is 12.4. The normalized spacial score (nSPS) is 19.1. The zero-order valence-electron chi connectivity index (χ0n) is 12.9. The standard InChI is InChI=1S/C17H15N3O4/c18-8-12(11-4-3-7-19(9-11)17(23)24)10-20-15(21)13-5-1-2-6-14(13)16(20)22/h1-2,5-6H,3-4,7,9-10H2,(H,23,24)/b12-11+. The molecule has 0 saturated carbocycles. The summed E-state index contributed by atoms with van der Waals surface area (Å²) in [5.41, 5.74) is 1.62. The van der Waals surface area contributed by atoms with E-state index in [0.29, 0.717) is 36.1 Å². The molecule has 122 valence electrons.